The molecule has 4 N–H and O–H groups in total. The van der Waals surface area contributed by atoms with Gasteiger partial charge in [0.15, 0.2) is 6.29 Å². The van der Waals surface area contributed by atoms with Gasteiger partial charge >= 0.3 is 5.97 Å². The topological polar surface area (TPSA) is 135 Å². The Hall–Kier alpha value is -3.15. The minimum atomic E-state index is -1.55. The second-order valence-corrected chi connectivity index (χ2v) is 19.4. The Balaban J connectivity index is 2.20. The molecule has 0 aromatic rings. The molecule has 0 bridgehead atoms. The van der Waals surface area contributed by atoms with Crippen LogP contribution in [0.3, 0.4) is 0 Å². The molecule has 1 aliphatic rings. The Kier molecular flexibility index (Phi) is 48.9. The fourth-order valence-electron chi connectivity index (χ4n) is 8.21. The van der Waals surface area contributed by atoms with Crippen LogP contribution in [0.25, 0.3) is 0 Å². The summed E-state index contributed by atoms with van der Waals surface area (Å²) in [5.41, 5.74) is 0. The summed E-state index contributed by atoms with van der Waals surface area (Å²) in [4.78, 5) is 12.9. The monoisotopic (exact) mass is 1010 g/mol. The molecule has 0 saturated carbocycles. The highest BCUT2D eigenvalue weighted by atomic mass is 16.7. The summed E-state index contributed by atoms with van der Waals surface area (Å²) in [5.74, 6) is -0.341. The first kappa shape index (κ1) is 66.9. The number of aliphatic hydroxyl groups excluding tert-OH is 4. The van der Waals surface area contributed by atoms with Crippen molar-refractivity contribution in [1.82, 2.24) is 0 Å². The number of unbranched alkanes of at least 4 members (excludes halogenated alkanes) is 20. The van der Waals surface area contributed by atoms with Crippen LogP contribution in [0.2, 0.25) is 0 Å². The second-order valence-electron chi connectivity index (χ2n) is 19.4. The highest BCUT2D eigenvalue weighted by Crippen LogP contribution is 2.23. The molecule has 1 rings (SSSR count). The Labute approximate surface area is 440 Å². The van der Waals surface area contributed by atoms with Gasteiger partial charge in [0.25, 0.3) is 0 Å². The number of carbonyl (C=O) groups excluding carboxylic acids is 1. The van der Waals surface area contributed by atoms with E-state index in [1.807, 2.05) is 0 Å². The van der Waals surface area contributed by atoms with E-state index in [1.54, 1.807) is 0 Å². The van der Waals surface area contributed by atoms with Gasteiger partial charge < -0.3 is 39.4 Å². The predicted molar refractivity (Wildman–Crippen MR) is 302 cm³/mol. The van der Waals surface area contributed by atoms with Crippen molar-refractivity contribution < 1.29 is 44.2 Å². The van der Waals surface area contributed by atoms with Crippen LogP contribution in [-0.4, -0.2) is 89.6 Å². The number of rotatable bonds is 49. The lowest BCUT2D eigenvalue weighted by molar-refractivity contribution is -0.305. The molecule has 9 heteroatoms. The summed E-state index contributed by atoms with van der Waals surface area (Å²) < 4.78 is 22.9. The van der Waals surface area contributed by atoms with E-state index in [0.717, 1.165) is 96.3 Å². The fourth-order valence-corrected chi connectivity index (χ4v) is 8.21. The van der Waals surface area contributed by atoms with E-state index in [2.05, 4.69) is 123 Å². The number of allylic oxidation sites excluding steroid dienone is 18. The van der Waals surface area contributed by atoms with E-state index in [-0.39, 0.29) is 25.6 Å². The predicted octanol–water partition coefficient (Wildman–Crippen LogP) is 15.3. The standard InChI is InChI=1S/C63H106O9/c1-3-5-7-9-11-13-15-17-19-21-23-25-27-28-29-31-33-35-37-39-41-43-45-47-49-51-53-69-55-57(56-70-63-62(68)61(67)60(66)58(54-64)72-63)71-59(65)52-50-48-46-44-42-40-38-36-34-32-30-26-24-22-20-18-16-14-12-10-8-6-4-2/h6,8,12,14-15,17-18,20-21,23-24,26-28,32,34,38,40,57-58,60-64,66-68H,3-5,7,9-11,13,16,19,22,25,29-31,33,35-37,39,41-56H2,1-2H3/b8-6-,14-12-,17-15-,20-18-,23-21-,26-24-,28-27-,34-32-,40-38-. The molecule has 6 atom stereocenters. The Morgan fingerprint density at radius 1 is 0.458 bits per heavy atom. The minimum absolute atomic E-state index is 0.125. The molecule has 1 saturated heterocycles. The van der Waals surface area contributed by atoms with Gasteiger partial charge in [-0.05, 0) is 103 Å². The maximum atomic E-state index is 12.9. The van der Waals surface area contributed by atoms with Gasteiger partial charge in [0.2, 0.25) is 0 Å². The van der Waals surface area contributed by atoms with Gasteiger partial charge in [0.05, 0.1) is 19.8 Å². The molecule has 0 aromatic carbocycles. The molecule has 9 nitrogen and oxygen atoms in total. The van der Waals surface area contributed by atoms with Gasteiger partial charge in [0, 0.05) is 13.0 Å². The molecule has 1 heterocycles. The summed E-state index contributed by atoms with van der Waals surface area (Å²) in [6, 6.07) is 0. The number of esters is 1. The number of carbonyl (C=O) groups is 1. The molecule has 0 spiro atoms. The maximum Gasteiger partial charge on any atom is 0.306 e. The third kappa shape index (κ3) is 42.2. The normalized spacial score (nSPS) is 19.6. The highest BCUT2D eigenvalue weighted by Gasteiger charge is 2.44. The van der Waals surface area contributed by atoms with Crippen LogP contribution in [0.1, 0.15) is 219 Å². The van der Waals surface area contributed by atoms with Gasteiger partial charge in [-0.1, -0.05) is 220 Å². The van der Waals surface area contributed by atoms with Gasteiger partial charge in [-0.2, -0.15) is 0 Å². The first-order valence-electron chi connectivity index (χ1n) is 29.0. The molecule has 1 aliphatic heterocycles. The fraction of sp³-hybridized carbons (Fsp3) is 0.698. The van der Waals surface area contributed by atoms with Crippen molar-refractivity contribution in [3.8, 4) is 0 Å². The van der Waals surface area contributed by atoms with Gasteiger partial charge in [-0.15, -0.1) is 0 Å². The van der Waals surface area contributed by atoms with Gasteiger partial charge in [-0.25, -0.2) is 0 Å². The molecular formula is C63H106O9. The Morgan fingerprint density at radius 2 is 0.847 bits per heavy atom. The first-order valence-corrected chi connectivity index (χ1v) is 29.0. The van der Waals surface area contributed by atoms with E-state index < -0.39 is 43.4 Å². The van der Waals surface area contributed by atoms with Crippen molar-refractivity contribution in [2.24, 2.45) is 0 Å². The molecule has 0 aliphatic carbocycles. The molecular weight excluding hydrogens is 901 g/mol. The molecule has 0 amide bonds. The Bertz CT molecular complexity index is 1470. The number of hydrogen-bond acceptors (Lipinski definition) is 9. The van der Waals surface area contributed by atoms with Crippen LogP contribution in [0.4, 0.5) is 0 Å². The molecule has 6 unspecified atom stereocenters. The smallest absolute Gasteiger partial charge is 0.306 e. The van der Waals surface area contributed by atoms with Crippen molar-refractivity contribution in [3.63, 3.8) is 0 Å². The van der Waals surface area contributed by atoms with Crippen molar-refractivity contribution in [3.05, 3.63) is 109 Å². The molecule has 0 radical (unpaired) electrons. The lowest BCUT2D eigenvalue weighted by Gasteiger charge is -2.39. The van der Waals surface area contributed by atoms with Crippen LogP contribution in [0.5, 0.6) is 0 Å². The van der Waals surface area contributed by atoms with E-state index in [0.29, 0.717) is 6.61 Å². The highest BCUT2D eigenvalue weighted by molar-refractivity contribution is 5.69. The van der Waals surface area contributed by atoms with Crippen molar-refractivity contribution in [2.75, 3.05) is 26.4 Å². The van der Waals surface area contributed by atoms with Crippen molar-refractivity contribution in [1.29, 1.82) is 0 Å². The van der Waals surface area contributed by atoms with E-state index in [9.17, 15) is 25.2 Å². The van der Waals surface area contributed by atoms with Crippen LogP contribution < -0.4 is 0 Å². The van der Waals surface area contributed by atoms with Crippen LogP contribution in [0.15, 0.2) is 109 Å². The minimum Gasteiger partial charge on any atom is -0.457 e. The summed E-state index contributed by atoms with van der Waals surface area (Å²) in [7, 11) is 0. The van der Waals surface area contributed by atoms with E-state index >= 15 is 0 Å². The molecule has 1 fully saturated rings. The summed E-state index contributed by atoms with van der Waals surface area (Å²) in [5, 5.41) is 40.4. The van der Waals surface area contributed by atoms with Crippen molar-refractivity contribution in [2.45, 2.75) is 256 Å². The SMILES string of the molecule is CC/C=C\C/C=C\C/C=C\C/C=C\C/C=C\C/C=C\CCCCCCC(=O)OC(COCCCCCCCCCCCCC/C=C\C/C=C\C/C=C\CCCCCCC)COC1OC(CO)C(O)C(O)C1O. The zero-order chi connectivity index (χ0) is 52.1. The number of aliphatic hydroxyl groups is 4. The molecule has 412 valence electrons. The molecule has 0 aromatic heterocycles. The summed E-state index contributed by atoms with van der Waals surface area (Å²) in [6.07, 6.45) is 68.4. The quantitative estimate of drug-likeness (QED) is 0.0267. The lowest BCUT2D eigenvalue weighted by atomic mass is 9.99. The van der Waals surface area contributed by atoms with Crippen molar-refractivity contribution >= 4 is 5.97 Å². The average molecular weight is 1010 g/mol. The molecule has 72 heavy (non-hydrogen) atoms. The average Bonchev–Trinajstić information content (AvgIpc) is 3.38. The third-order valence-electron chi connectivity index (χ3n) is 12.7. The summed E-state index contributed by atoms with van der Waals surface area (Å²) in [6.45, 7) is 4.39. The second kappa shape index (κ2) is 52.7. The van der Waals surface area contributed by atoms with Gasteiger partial charge in [0.1, 0.15) is 30.5 Å². The van der Waals surface area contributed by atoms with Crippen LogP contribution in [0, 0.1) is 0 Å². The lowest BCUT2D eigenvalue weighted by Crippen LogP contribution is -2.59. The van der Waals surface area contributed by atoms with E-state index in [1.165, 1.54) is 103 Å². The number of ether oxygens (including phenoxy) is 4. The number of hydrogen-bond donors (Lipinski definition) is 4. The van der Waals surface area contributed by atoms with Gasteiger partial charge in [-0.3, -0.25) is 4.79 Å². The summed E-state index contributed by atoms with van der Waals surface area (Å²) >= 11 is 0. The zero-order valence-corrected chi connectivity index (χ0v) is 45.6. The largest absolute Gasteiger partial charge is 0.457 e. The third-order valence-corrected chi connectivity index (χ3v) is 12.7. The zero-order valence-electron chi connectivity index (χ0n) is 45.6. The first-order chi connectivity index (χ1) is 35.4. The Morgan fingerprint density at radius 3 is 1.28 bits per heavy atom. The van der Waals surface area contributed by atoms with E-state index in [4.69, 9.17) is 18.9 Å². The maximum absolute atomic E-state index is 12.9. The van der Waals surface area contributed by atoms with Crippen LogP contribution in [-0.2, 0) is 23.7 Å². The van der Waals surface area contributed by atoms with Crippen LogP contribution >= 0.6 is 0 Å².